The Morgan fingerprint density at radius 2 is 2.04 bits per heavy atom. The van der Waals surface area contributed by atoms with E-state index in [0.29, 0.717) is 31.1 Å². The standard InChI is InChI=1S/C18H19ClN4O3/c19-15-3-1-12(2-4-15)8-20-10-17(24)23-6-5-16-14(11-23)7-13(9-21-16)18(25)22-26/h1-4,7,9,20,26H,5-6,8,10-11H2,(H,22,25). The summed E-state index contributed by atoms with van der Waals surface area (Å²) in [6.45, 7) is 1.79. The highest BCUT2D eigenvalue weighted by molar-refractivity contribution is 6.30. The van der Waals surface area contributed by atoms with E-state index in [1.165, 1.54) is 6.20 Å². The Morgan fingerprint density at radius 3 is 2.77 bits per heavy atom. The molecule has 0 unspecified atom stereocenters. The van der Waals surface area contributed by atoms with E-state index in [1.54, 1.807) is 16.4 Å². The van der Waals surface area contributed by atoms with Gasteiger partial charge in [0, 0.05) is 43.0 Å². The molecule has 0 saturated heterocycles. The number of aromatic nitrogens is 1. The second kappa shape index (κ2) is 8.27. The van der Waals surface area contributed by atoms with Crippen molar-refractivity contribution >= 4 is 23.4 Å². The van der Waals surface area contributed by atoms with Gasteiger partial charge in [-0.05, 0) is 29.3 Å². The number of amides is 2. The third kappa shape index (κ3) is 4.37. The number of nitrogens with one attached hydrogen (secondary N) is 2. The minimum atomic E-state index is -0.617. The molecule has 26 heavy (non-hydrogen) atoms. The van der Waals surface area contributed by atoms with Gasteiger partial charge in [-0.1, -0.05) is 23.7 Å². The number of pyridine rings is 1. The van der Waals surface area contributed by atoms with Crippen molar-refractivity contribution in [2.75, 3.05) is 13.1 Å². The molecule has 2 aromatic rings. The Hall–Kier alpha value is -2.48. The normalized spacial score (nSPS) is 13.2. The predicted octanol–water partition coefficient (Wildman–Crippen LogP) is 1.53. The quantitative estimate of drug-likeness (QED) is 0.545. The lowest BCUT2D eigenvalue weighted by Crippen LogP contribution is -2.41. The van der Waals surface area contributed by atoms with Gasteiger partial charge in [-0.3, -0.25) is 19.8 Å². The zero-order chi connectivity index (χ0) is 18.5. The van der Waals surface area contributed by atoms with Crippen molar-refractivity contribution in [2.45, 2.75) is 19.5 Å². The van der Waals surface area contributed by atoms with Gasteiger partial charge < -0.3 is 10.2 Å². The molecule has 1 aliphatic rings. The first kappa shape index (κ1) is 18.3. The largest absolute Gasteiger partial charge is 0.337 e. The van der Waals surface area contributed by atoms with Crippen LogP contribution in [0.4, 0.5) is 0 Å². The summed E-state index contributed by atoms with van der Waals surface area (Å²) in [6.07, 6.45) is 2.06. The van der Waals surface area contributed by atoms with E-state index < -0.39 is 5.91 Å². The van der Waals surface area contributed by atoms with Crippen LogP contribution in [0, 0.1) is 0 Å². The predicted molar refractivity (Wildman–Crippen MR) is 95.8 cm³/mol. The third-order valence-electron chi connectivity index (χ3n) is 4.27. The fraction of sp³-hybridized carbons (Fsp3) is 0.278. The molecule has 0 bridgehead atoms. The minimum absolute atomic E-state index is 0.0124. The molecule has 3 N–H and O–H groups in total. The highest BCUT2D eigenvalue weighted by Gasteiger charge is 2.22. The maximum Gasteiger partial charge on any atom is 0.276 e. The molecule has 0 aliphatic carbocycles. The number of fused-ring (bicyclic) bond motifs is 1. The van der Waals surface area contributed by atoms with Crippen molar-refractivity contribution in [3.63, 3.8) is 0 Å². The zero-order valence-electron chi connectivity index (χ0n) is 14.0. The summed E-state index contributed by atoms with van der Waals surface area (Å²) in [5, 5.41) is 12.5. The molecule has 0 fully saturated rings. The first-order valence-corrected chi connectivity index (χ1v) is 8.60. The molecule has 7 nitrogen and oxygen atoms in total. The van der Waals surface area contributed by atoms with Crippen LogP contribution >= 0.6 is 11.6 Å². The molecule has 1 aromatic heterocycles. The summed E-state index contributed by atoms with van der Waals surface area (Å²) >= 11 is 5.85. The summed E-state index contributed by atoms with van der Waals surface area (Å²) in [5.41, 5.74) is 4.60. The summed E-state index contributed by atoms with van der Waals surface area (Å²) in [7, 11) is 0. The van der Waals surface area contributed by atoms with Crippen molar-refractivity contribution in [3.8, 4) is 0 Å². The molecule has 0 saturated carbocycles. The molecule has 0 atom stereocenters. The highest BCUT2D eigenvalue weighted by atomic mass is 35.5. The summed E-state index contributed by atoms with van der Waals surface area (Å²) in [5.74, 6) is -0.630. The van der Waals surface area contributed by atoms with Crippen LogP contribution in [-0.2, 0) is 24.3 Å². The second-order valence-electron chi connectivity index (χ2n) is 6.07. The van der Waals surface area contributed by atoms with Crippen LogP contribution in [0.15, 0.2) is 36.5 Å². The van der Waals surface area contributed by atoms with Gasteiger partial charge in [0.05, 0.1) is 12.1 Å². The van der Waals surface area contributed by atoms with Gasteiger partial charge in [-0.15, -0.1) is 0 Å². The summed E-state index contributed by atoms with van der Waals surface area (Å²) in [6, 6.07) is 9.12. The van der Waals surface area contributed by atoms with Crippen molar-refractivity contribution < 1.29 is 14.8 Å². The number of rotatable bonds is 5. The zero-order valence-corrected chi connectivity index (χ0v) is 14.8. The first-order chi connectivity index (χ1) is 12.6. The summed E-state index contributed by atoms with van der Waals surface area (Å²) < 4.78 is 0. The Kier molecular flexibility index (Phi) is 5.82. The van der Waals surface area contributed by atoms with Crippen LogP contribution < -0.4 is 10.8 Å². The van der Waals surface area contributed by atoms with E-state index >= 15 is 0 Å². The number of hydroxylamine groups is 1. The van der Waals surface area contributed by atoms with Crippen LogP contribution in [0.25, 0.3) is 0 Å². The van der Waals surface area contributed by atoms with Crippen molar-refractivity contribution in [1.29, 1.82) is 0 Å². The summed E-state index contributed by atoms with van der Waals surface area (Å²) in [4.78, 5) is 29.9. The lowest BCUT2D eigenvalue weighted by Gasteiger charge is -2.28. The van der Waals surface area contributed by atoms with Crippen LogP contribution in [0.2, 0.25) is 5.02 Å². The van der Waals surface area contributed by atoms with Crippen LogP contribution in [0.1, 0.15) is 27.2 Å². The number of nitrogens with zero attached hydrogens (tertiary/aromatic N) is 2. The fourth-order valence-corrected chi connectivity index (χ4v) is 2.98. The number of hydrogen-bond donors (Lipinski definition) is 3. The van der Waals surface area contributed by atoms with E-state index in [1.807, 2.05) is 24.3 Å². The third-order valence-corrected chi connectivity index (χ3v) is 4.53. The van der Waals surface area contributed by atoms with Crippen molar-refractivity contribution in [1.82, 2.24) is 20.7 Å². The van der Waals surface area contributed by atoms with Gasteiger partial charge in [0.15, 0.2) is 0 Å². The Labute approximate surface area is 155 Å². The lowest BCUT2D eigenvalue weighted by molar-refractivity contribution is -0.131. The minimum Gasteiger partial charge on any atom is -0.337 e. The lowest BCUT2D eigenvalue weighted by atomic mass is 10.0. The average molecular weight is 375 g/mol. The van der Waals surface area contributed by atoms with E-state index in [2.05, 4.69) is 10.3 Å². The van der Waals surface area contributed by atoms with Crippen LogP contribution in [0.3, 0.4) is 0 Å². The Balaban J connectivity index is 1.56. The highest BCUT2D eigenvalue weighted by Crippen LogP contribution is 2.18. The van der Waals surface area contributed by atoms with Gasteiger partial charge in [0.25, 0.3) is 5.91 Å². The molecule has 0 spiro atoms. The molecule has 1 aliphatic heterocycles. The van der Waals surface area contributed by atoms with E-state index in [9.17, 15) is 9.59 Å². The van der Waals surface area contributed by atoms with Gasteiger partial charge in [-0.25, -0.2) is 5.48 Å². The topological polar surface area (TPSA) is 94.6 Å². The van der Waals surface area contributed by atoms with Gasteiger partial charge >= 0.3 is 0 Å². The van der Waals surface area contributed by atoms with Gasteiger partial charge in [-0.2, -0.15) is 0 Å². The number of halogens is 1. The molecule has 2 heterocycles. The molecule has 2 amide bonds. The number of carbonyl (C=O) groups excluding carboxylic acids is 2. The maximum absolute atomic E-state index is 12.4. The molecule has 3 rings (SSSR count). The molecule has 1 aromatic carbocycles. The first-order valence-electron chi connectivity index (χ1n) is 8.22. The second-order valence-corrected chi connectivity index (χ2v) is 6.50. The van der Waals surface area contributed by atoms with Crippen LogP contribution in [-0.4, -0.2) is 40.0 Å². The van der Waals surface area contributed by atoms with Crippen molar-refractivity contribution in [3.05, 3.63) is 63.9 Å². The average Bonchev–Trinajstić information content (AvgIpc) is 2.67. The van der Waals surface area contributed by atoms with E-state index in [4.69, 9.17) is 16.8 Å². The fourth-order valence-electron chi connectivity index (χ4n) is 2.86. The number of benzene rings is 1. The maximum atomic E-state index is 12.4. The molecular formula is C18H19ClN4O3. The Morgan fingerprint density at radius 1 is 1.27 bits per heavy atom. The van der Waals surface area contributed by atoms with Crippen molar-refractivity contribution in [2.24, 2.45) is 0 Å². The molecule has 136 valence electrons. The Bertz CT molecular complexity index is 811. The number of hydrogen-bond acceptors (Lipinski definition) is 5. The molecule has 0 radical (unpaired) electrons. The SMILES string of the molecule is O=C(NO)c1cnc2c(c1)CN(C(=O)CNCc1ccc(Cl)cc1)CC2. The molecular weight excluding hydrogens is 356 g/mol. The smallest absolute Gasteiger partial charge is 0.276 e. The molecule has 8 heteroatoms. The number of carbonyl (C=O) groups is 2. The van der Waals surface area contributed by atoms with E-state index in [-0.39, 0.29) is 18.0 Å². The van der Waals surface area contributed by atoms with E-state index in [0.717, 1.165) is 16.8 Å². The van der Waals surface area contributed by atoms with Gasteiger partial charge in [0.1, 0.15) is 0 Å². The van der Waals surface area contributed by atoms with Crippen LogP contribution in [0.5, 0.6) is 0 Å². The van der Waals surface area contributed by atoms with Gasteiger partial charge in [0.2, 0.25) is 5.91 Å². The monoisotopic (exact) mass is 374 g/mol.